The van der Waals surface area contributed by atoms with Crippen molar-refractivity contribution in [2.45, 2.75) is 24.3 Å². The van der Waals surface area contributed by atoms with Crippen LogP contribution in [0.1, 0.15) is 24.3 Å². The van der Waals surface area contributed by atoms with Gasteiger partial charge in [-0.3, -0.25) is 0 Å². The zero-order chi connectivity index (χ0) is 14.4. The van der Waals surface area contributed by atoms with Crippen LogP contribution in [0.4, 0.5) is 0 Å². The molecule has 0 amide bonds. The number of nitrogens with one attached hydrogen (secondary N) is 1. The van der Waals surface area contributed by atoms with Gasteiger partial charge in [0, 0.05) is 25.0 Å². The highest BCUT2D eigenvalue weighted by molar-refractivity contribution is 9.10. The van der Waals surface area contributed by atoms with E-state index >= 15 is 0 Å². The van der Waals surface area contributed by atoms with Crippen molar-refractivity contribution < 1.29 is 0 Å². The number of thioether (sulfide) groups is 1. The highest BCUT2D eigenvalue weighted by atomic mass is 79.9. The number of hydrogen-bond donors (Lipinski definition) is 1. The predicted molar refractivity (Wildman–Crippen MR) is 95.2 cm³/mol. The van der Waals surface area contributed by atoms with Gasteiger partial charge < -0.3 is 5.32 Å². The van der Waals surface area contributed by atoms with Crippen LogP contribution in [-0.2, 0) is 0 Å². The molecule has 108 valence electrons. The summed E-state index contributed by atoms with van der Waals surface area (Å²) >= 11 is 13.3. The summed E-state index contributed by atoms with van der Waals surface area (Å²) in [6.07, 6.45) is 1.14. The average Bonchev–Trinajstić information content (AvgIpc) is 2.85. The molecule has 1 heterocycles. The molecule has 0 radical (unpaired) electrons. The van der Waals surface area contributed by atoms with E-state index < -0.39 is 0 Å². The van der Waals surface area contributed by atoms with Gasteiger partial charge >= 0.3 is 0 Å². The molecule has 2 aromatic rings. The lowest BCUT2D eigenvalue weighted by Gasteiger charge is -2.17. The Morgan fingerprint density at radius 1 is 1.40 bits per heavy atom. The maximum Gasteiger partial charge on any atom is 0.0521 e. The van der Waals surface area contributed by atoms with E-state index in [1.54, 1.807) is 11.3 Å². The fraction of sp³-hybridized carbons (Fsp3) is 0.333. The van der Waals surface area contributed by atoms with E-state index in [1.807, 2.05) is 30.0 Å². The molecule has 1 aromatic carbocycles. The molecule has 0 aliphatic heterocycles. The van der Waals surface area contributed by atoms with Crippen molar-refractivity contribution in [1.29, 1.82) is 0 Å². The van der Waals surface area contributed by atoms with E-state index in [1.165, 1.54) is 14.2 Å². The van der Waals surface area contributed by atoms with Gasteiger partial charge in [-0.15, -0.1) is 23.1 Å². The van der Waals surface area contributed by atoms with Crippen LogP contribution in [0.3, 0.4) is 0 Å². The summed E-state index contributed by atoms with van der Waals surface area (Å²) in [5.41, 5.74) is 0. The van der Waals surface area contributed by atoms with Crippen molar-refractivity contribution in [3.05, 3.63) is 50.1 Å². The summed E-state index contributed by atoms with van der Waals surface area (Å²) in [6.45, 7) is 3.22. The number of thiophene rings is 1. The van der Waals surface area contributed by atoms with Gasteiger partial charge in [0.1, 0.15) is 0 Å². The van der Waals surface area contributed by atoms with E-state index in [4.69, 9.17) is 11.6 Å². The molecule has 0 aliphatic rings. The Bertz CT molecular complexity index is 544. The lowest BCUT2D eigenvalue weighted by Crippen LogP contribution is -2.23. The van der Waals surface area contributed by atoms with Crippen molar-refractivity contribution in [3.63, 3.8) is 0 Å². The zero-order valence-corrected chi connectivity index (χ0v) is 15.2. The average molecular weight is 391 g/mol. The Morgan fingerprint density at radius 2 is 2.25 bits per heavy atom. The van der Waals surface area contributed by atoms with Crippen molar-refractivity contribution >= 4 is 50.6 Å². The zero-order valence-electron chi connectivity index (χ0n) is 11.2. The number of hydrogen-bond acceptors (Lipinski definition) is 3. The Balaban J connectivity index is 2.03. The van der Waals surface area contributed by atoms with Gasteiger partial charge in [-0.2, -0.15) is 0 Å². The van der Waals surface area contributed by atoms with Gasteiger partial charge in [-0.1, -0.05) is 24.6 Å². The predicted octanol–water partition coefficient (Wildman–Crippen LogP) is 6.00. The first-order valence-corrected chi connectivity index (χ1v) is 9.59. The van der Waals surface area contributed by atoms with Crippen LogP contribution >= 0.6 is 50.6 Å². The Kier molecular flexibility index (Phi) is 6.91. The lowest BCUT2D eigenvalue weighted by atomic mass is 10.2. The van der Waals surface area contributed by atoms with Crippen LogP contribution in [0.25, 0.3) is 0 Å². The Hall–Kier alpha value is -0.000000000000000111. The third-order valence-electron chi connectivity index (χ3n) is 2.81. The first-order valence-electron chi connectivity index (χ1n) is 6.55. The summed E-state index contributed by atoms with van der Waals surface area (Å²) < 4.78 is 1.20. The van der Waals surface area contributed by atoms with Crippen LogP contribution < -0.4 is 5.32 Å². The molecule has 0 aliphatic carbocycles. The van der Waals surface area contributed by atoms with E-state index in [9.17, 15) is 0 Å². The molecule has 0 spiro atoms. The highest BCUT2D eigenvalue weighted by Gasteiger charge is 2.15. The molecule has 0 saturated carbocycles. The molecule has 0 saturated heterocycles. The smallest absolute Gasteiger partial charge is 0.0521 e. The summed E-state index contributed by atoms with van der Waals surface area (Å²) in [5, 5.41) is 6.55. The topological polar surface area (TPSA) is 12.0 Å². The van der Waals surface area contributed by atoms with Crippen molar-refractivity contribution in [2.24, 2.45) is 0 Å². The number of rotatable bonds is 7. The molecular formula is C15H17BrClNS2. The van der Waals surface area contributed by atoms with E-state index in [-0.39, 0.29) is 0 Å². The maximum atomic E-state index is 6.03. The number of halogens is 2. The number of benzene rings is 1. The monoisotopic (exact) mass is 389 g/mol. The Morgan fingerprint density at radius 3 is 2.90 bits per heavy atom. The minimum atomic E-state index is 0.369. The summed E-state index contributed by atoms with van der Waals surface area (Å²) in [6, 6.07) is 10.5. The van der Waals surface area contributed by atoms with Crippen molar-refractivity contribution in [2.75, 3.05) is 12.3 Å². The molecule has 1 nitrogen and oxygen atoms in total. The normalized spacial score (nSPS) is 12.6. The summed E-state index contributed by atoms with van der Waals surface area (Å²) in [7, 11) is 0. The third-order valence-corrected chi connectivity index (χ3v) is 6.12. The minimum Gasteiger partial charge on any atom is -0.309 e. The van der Waals surface area contributed by atoms with Gasteiger partial charge in [-0.25, -0.2) is 0 Å². The van der Waals surface area contributed by atoms with Crippen molar-refractivity contribution in [3.8, 4) is 0 Å². The second kappa shape index (κ2) is 8.44. The summed E-state index contributed by atoms with van der Waals surface area (Å²) in [4.78, 5) is 2.58. The first kappa shape index (κ1) is 16.4. The van der Waals surface area contributed by atoms with E-state index in [0.29, 0.717) is 6.04 Å². The van der Waals surface area contributed by atoms with Gasteiger partial charge in [0.05, 0.1) is 6.04 Å². The van der Waals surface area contributed by atoms with Crippen LogP contribution in [0, 0.1) is 0 Å². The van der Waals surface area contributed by atoms with Gasteiger partial charge in [0.15, 0.2) is 0 Å². The molecule has 5 heteroatoms. The standard InChI is InChI=1S/C15H17BrClNS2/c1-2-7-18-14(15-13(16)6-8-19-15)10-20-12-5-3-4-11(17)9-12/h3-6,8-9,14,18H,2,7,10H2,1H3. The first-order chi connectivity index (χ1) is 9.70. The van der Waals surface area contributed by atoms with Gasteiger partial charge in [0.2, 0.25) is 0 Å². The Labute approximate surface area is 142 Å². The highest BCUT2D eigenvalue weighted by Crippen LogP contribution is 2.33. The van der Waals surface area contributed by atoms with Crippen LogP contribution in [0.2, 0.25) is 5.02 Å². The molecule has 0 bridgehead atoms. The lowest BCUT2D eigenvalue weighted by molar-refractivity contribution is 0.583. The molecule has 1 atom stereocenters. The third kappa shape index (κ3) is 4.78. The molecule has 1 unspecified atom stereocenters. The van der Waals surface area contributed by atoms with Crippen LogP contribution in [0.5, 0.6) is 0 Å². The molecule has 1 aromatic heterocycles. The molecule has 2 rings (SSSR count). The van der Waals surface area contributed by atoms with E-state index in [2.05, 4.69) is 45.7 Å². The molecule has 0 fully saturated rings. The van der Waals surface area contributed by atoms with Crippen molar-refractivity contribution in [1.82, 2.24) is 5.32 Å². The fourth-order valence-corrected chi connectivity index (χ4v) is 4.95. The molecule has 20 heavy (non-hydrogen) atoms. The van der Waals surface area contributed by atoms with Crippen LogP contribution in [-0.4, -0.2) is 12.3 Å². The molecular weight excluding hydrogens is 374 g/mol. The van der Waals surface area contributed by atoms with Gasteiger partial charge in [0.25, 0.3) is 0 Å². The summed E-state index contributed by atoms with van der Waals surface area (Å²) in [5.74, 6) is 0.999. The second-order valence-corrected chi connectivity index (χ2v) is 7.74. The second-order valence-electron chi connectivity index (χ2n) is 4.41. The fourth-order valence-electron chi connectivity index (χ4n) is 1.84. The van der Waals surface area contributed by atoms with Crippen LogP contribution in [0.15, 0.2) is 45.1 Å². The minimum absolute atomic E-state index is 0.369. The van der Waals surface area contributed by atoms with Gasteiger partial charge in [-0.05, 0) is 58.5 Å². The van der Waals surface area contributed by atoms with E-state index in [0.717, 1.165) is 23.7 Å². The quantitative estimate of drug-likeness (QED) is 0.582. The maximum absolute atomic E-state index is 6.03. The molecule has 1 N–H and O–H groups in total. The SMILES string of the molecule is CCCNC(CSc1cccc(Cl)c1)c1sccc1Br. The largest absolute Gasteiger partial charge is 0.309 e.